The predicted molar refractivity (Wildman–Crippen MR) is 95.2 cm³/mol. The standard InChI is InChI=1S/C19H26N4O/c1-14-11-15(2)23(21-14)12-16-6-8-17(9-7-16)19(24)22-10-4-5-18(13-22)20-3/h6-9,11,18,20H,4-5,10,12-13H2,1-3H3. The molecular formula is C19H26N4O. The number of carbonyl (C=O) groups is 1. The smallest absolute Gasteiger partial charge is 0.253 e. The zero-order chi connectivity index (χ0) is 17.1. The lowest BCUT2D eigenvalue weighted by Gasteiger charge is -2.32. The van der Waals surface area contributed by atoms with Gasteiger partial charge in [0.15, 0.2) is 0 Å². The molecular weight excluding hydrogens is 300 g/mol. The Morgan fingerprint density at radius 1 is 1.29 bits per heavy atom. The van der Waals surface area contributed by atoms with Gasteiger partial charge in [-0.15, -0.1) is 0 Å². The van der Waals surface area contributed by atoms with E-state index in [0.29, 0.717) is 6.04 Å². The fourth-order valence-corrected chi connectivity index (χ4v) is 3.34. The summed E-state index contributed by atoms with van der Waals surface area (Å²) < 4.78 is 1.99. The zero-order valence-corrected chi connectivity index (χ0v) is 14.7. The normalized spacial score (nSPS) is 18.0. The van der Waals surface area contributed by atoms with Crippen molar-refractivity contribution in [3.8, 4) is 0 Å². The molecule has 1 unspecified atom stereocenters. The van der Waals surface area contributed by atoms with Crippen molar-refractivity contribution in [2.75, 3.05) is 20.1 Å². The van der Waals surface area contributed by atoms with Crippen molar-refractivity contribution < 1.29 is 4.79 Å². The number of likely N-dealkylation sites (tertiary alicyclic amines) is 1. The molecule has 128 valence electrons. The molecule has 1 aromatic carbocycles. The van der Waals surface area contributed by atoms with Gasteiger partial charge in [-0.25, -0.2) is 0 Å². The quantitative estimate of drug-likeness (QED) is 0.938. The maximum absolute atomic E-state index is 12.7. The Labute approximate surface area is 143 Å². The minimum Gasteiger partial charge on any atom is -0.337 e. The van der Waals surface area contributed by atoms with Crippen LogP contribution in [0.25, 0.3) is 0 Å². The molecule has 2 aromatic rings. The van der Waals surface area contributed by atoms with Crippen molar-refractivity contribution in [2.24, 2.45) is 0 Å². The van der Waals surface area contributed by atoms with E-state index in [9.17, 15) is 4.79 Å². The van der Waals surface area contributed by atoms with Gasteiger partial charge in [-0.1, -0.05) is 12.1 Å². The largest absolute Gasteiger partial charge is 0.337 e. The molecule has 1 amide bonds. The number of amides is 1. The molecule has 1 atom stereocenters. The van der Waals surface area contributed by atoms with Gasteiger partial charge < -0.3 is 10.2 Å². The Kier molecular flexibility index (Phi) is 5.00. The summed E-state index contributed by atoms with van der Waals surface area (Å²) in [4.78, 5) is 14.6. The molecule has 24 heavy (non-hydrogen) atoms. The fourth-order valence-electron chi connectivity index (χ4n) is 3.34. The summed E-state index contributed by atoms with van der Waals surface area (Å²) in [5, 5.41) is 7.77. The van der Waals surface area contributed by atoms with E-state index in [-0.39, 0.29) is 5.91 Å². The number of likely N-dealkylation sites (N-methyl/N-ethyl adjacent to an activating group) is 1. The van der Waals surface area contributed by atoms with E-state index in [1.807, 2.05) is 47.8 Å². The third-order valence-corrected chi connectivity index (χ3v) is 4.75. The van der Waals surface area contributed by atoms with E-state index in [2.05, 4.69) is 23.4 Å². The molecule has 0 saturated carbocycles. The first kappa shape index (κ1) is 16.7. The first-order chi connectivity index (χ1) is 11.6. The number of aromatic nitrogens is 2. The number of carbonyl (C=O) groups excluding carboxylic acids is 1. The van der Waals surface area contributed by atoms with Crippen molar-refractivity contribution in [2.45, 2.75) is 39.3 Å². The Balaban J connectivity index is 1.67. The van der Waals surface area contributed by atoms with Gasteiger partial charge in [0.2, 0.25) is 0 Å². The highest BCUT2D eigenvalue weighted by Gasteiger charge is 2.23. The van der Waals surface area contributed by atoms with Crippen molar-refractivity contribution in [1.82, 2.24) is 20.0 Å². The molecule has 0 bridgehead atoms. The second-order valence-corrected chi connectivity index (χ2v) is 6.66. The van der Waals surface area contributed by atoms with Crippen molar-refractivity contribution in [3.63, 3.8) is 0 Å². The summed E-state index contributed by atoms with van der Waals surface area (Å²) in [6.45, 7) is 6.45. The van der Waals surface area contributed by atoms with Gasteiger partial charge in [0.1, 0.15) is 0 Å². The van der Waals surface area contributed by atoms with Crippen LogP contribution in [0.4, 0.5) is 0 Å². The second-order valence-electron chi connectivity index (χ2n) is 6.66. The number of benzene rings is 1. The average Bonchev–Trinajstić information content (AvgIpc) is 2.92. The SMILES string of the molecule is CNC1CCCN(C(=O)c2ccc(Cn3nc(C)cc3C)cc2)C1. The molecule has 5 nitrogen and oxygen atoms in total. The lowest BCUT2D eigenvalue weighted by Crippen LogP contribution is -2.46. The number of nitrogens with one attached hydrogen (secondary N) is 1. The summed E-state index contributed by atoms with van der Waals surface area (Å²) in [6, 6.07) is 10.4. The van der Waals surface area contributed by atoms with Crippen LogP contribution in [-0.4, -0.2) is 46.8 Å². The van der Waals surface area contributed by atoms with Gasteiger partial charge in [0, 0.05) is 30.4 Å². The molecule has 1 aliphatic rings. The molecule has 1 aliphatic heterocycles. The third kappa shape index (κ3) is 3.67. The Morgan fingerprint density at radius 2 is 2.04 bits per heavy atom. The second kappa shape index (κ2) is 7.18. The molecule has 0 radical (unpaired) electrons. The maximum Gasteiger partial charge on any atom is 0.253 e. The van der Waals surface area contributed by atoms with Crippen LogP contribution in [0.1, 0.15) is 40.2 Å². The van der Waals surface area contributed by atoms with Crippen LogP contribution in [-0.2, 0) is 6.54 Å². The Morgan fingerprint density at radius 3 is 2.67 bits per heavy atom. The fraction of sp³-hybridized carbons (Fsp3) is 0.474. The van der Waals surface area contributed by atoms with E-state index in [1.165, 1.54) is 0 Å². The molecule has 1 saturated heterocycles. The van der Waals surface area contributed by atoms with Crippen LogP contribution in [0, 0.1) is 13.8 Å². The molecule has 1 N–H and O–H groups in total. The van der Waals surface area contributed by atoms with Crippen LogP contribution in [0.2, 0.25) is 0 Å². The van der Waals surface area contributed by atoms with Crippen molar-refractivity contribution in [3.05, 3.63) is 52.8 Å². The van der Waals surface area contributed by atoms with E-state index in [0.717, 1.165) is 55.0 Å². The molecule has 0 spiro atoms. The lowest BCUT2D eigenvalue weighted by molar-refractivity contribution is 0.0698. The van der Waals surface area contributed by atoms with Gasteiger partial charge in [-0.2, -0.15) is 5.10 Å². The highest BCUT2D eigenvalue weighted by atomic mass is 16.2. The van der Waals surface area contributed by atoms with Crippen LogP contribution >= 0.6 is 0 Å². The predicted octanol–water partition coefficient (Wildman–Crippen LogP) is 2.37. The third-order valence-electron chi connectivity index (χ3n) is 4.75. The number of hydrogen-bond donors (Lipinski definition) is 1. The molecule has 5 heteroatoms. The van der Waals surface area contributed by atoms with Gasteiger partial charge in [-0.3, -0.25) is 9.48 Å². The first-order valence-corrected chi connectivity index (χ1v) is 8.63. The molecule has 0 aliphatic carbocycles. The van der Waals surface area contributed by atoms with E-state index in [4.69, 9.17) is 0 Å². The minimum absolute atomic E-state index is 0.132. The van der Waals surface area contributed by atoms with Crippen LogP contribution in [0.15, 0.2) is 30.3 Å². The highest BCUT2D eigenvalue weighted by molar-refractivity contribution is 5.94. The lowest BCUT2D eigenvalue weighted by atomic mass is 10.0. The van der Waals surface area contributed by atoms with Gasteiger partial charge in [0.05, 0.1) is 12.2 Å². The molecule has 2 heterocycles. The van der Waals surface area contributed by atoms with Gasteiger partial charge in [0.25, 0.3) is 5.91 Å². The van der Waals surface area contributed by atoms with Crippen molar-refractivity contribution in [1.29, 1.82) is 0 Å². The topological polar surface area (TPSA) is 50.2 Å². The van der Waals surface area contributed by atoms with Crippen LogP contribution in [0.3, 0.4) is 0 Å². The van der Waals surface area contributed by atoms with Crippen LogP contribution in [0.5, 0.6) is 0 Å². The number of nitrogens with zero attached hydrogens (tertiary/aromatic N) is 3. The summed E-state index contributed by atoms with van der Waals surface area (Å²) in [7, 11) is 1.96. The minimum atomic E-state index is 0.132. The number of piperidine rings is 1. The Bertz CT molecular complexity index is 705. The summed E-state index contributed by atoms with van der Waals surface area (Å²) >= 11 is 0. The highest BCUT2D eigenvalue weighted by Crippen LogP contribution is 2.15. The maximum atomic E-state index is 12.7. The summed E-state index contributed by atoms with van der Waals surface area (Å²) in [5.41, 5.74) is 4.11. The van der Waals surface area contributed by atoms with Crippen molar-refractivity contribution >= 4 is 5.91 Å². The molecule has 1 fully saturated rings. The zero-order valence-electron chi connectivity index (χ0n) is 14.7. The van der Waals surface area contributed by atoms with E-state index < -0.39 is 0 Å². The number of hydrogen-bond acceptors (Lipinski definition) is 3. The number of rotatable bonds is 4. The van der Waals surface area contributed by atoms with Gasteiger partial charge >= 0.3 is 0 Å². The van der Waals surface area contributed by atoms with E-state index in [1.54, 1.807) is 0 Å². The van der Waals surface area contributed by atoms with Crippen LogP contribution < -0.4 is 5.32 Å². The molecule has 1 aromatic heterocycles. The van der Waals surface area contributed by atoms with E-state index >= 15 is 0 Å². The Hall–Kier alpha value is -2.14. The van der Waals surface area contributed by atoms with Gasteiger partial charge in [-0.05, 0) is 57.5 Å². The first-order valence-electron chi connectivity index (χ1n) is 8.63. The molecule has 3 rings (SSSR count). The number of aryl methyl sites for hydroxylation is 2. The summed E-state index contributed by atoms with van der Waals surface area (Å²) in [6.07, 6.45) is 2.20. The average molecular weight is 326 g/mol. The summed E-state index contributed by atoms with van der Waals surface area (Å²) in [5.74, 6) is 0.132. The monoisotopic (exact) mass is 326 g/mol.